The Balaban J connectivity index is 2.25. The number of methoxy groups -OCH3 is 3. The van der Waals surface area contributed by atoms with Gasteiger partial charge in [0.05, 0.1) is 27.9 Å². The SMILES string of the molecule is CCOC(=O)C1=C(c2ccc(OC)cc2)c2cc(OC)c(OC)cc2C1=O. The van der Waals surface area contributed by atoms with Gasteiger partial charge in [0.1, 0.15) is 11.3 Å². The molecule has 2 aromatic rings. The third-order valence-corrected chi connectivity index (χ3v) is 4.37. The number of carbonyl (C=O) groups excluding carboxylic acids is 2. The van der Waals surface area contributed by atoms with Crippen LogP contribution in [0.15, 0.2) is 42.0 Å². The minimum atomic E-state index is -0.651. The molecule has 0 spiro atoms. The van der Waals surface area contributed by atoms with Gasteiger partial charge in [-0.1, -0.05) is 12.1 Å². The fraction of sp³-hybridized carbons (Fsp3) is 0.238. The van der Waals surface area contributed by atoms with Crippen LogP contribution in [0.5, 0.6) is 17.2 Å². The molecule has 0 aromatic heterocycles. The van der Waals surface area contributed by atoms with Crippen LogP contribution in [0.1, 0.15) is 28.4 Å². The van der Waals surface area contributed by atoms with E-state index in [1.165, 1.54) is 14.2 Å². The lowest BCUT2D eigenvalue weighted by molar-refractivity contribution is -0.137. The summed E-state index contributed by atoms with van der Waals surface area (Å²) >= 11 is 0. The highest BCUT2D eigenvalue weighted by Gasteiger charge is 2.37. The van der Waals surface area contributed by atoms with E-state index in [4.69, 9.17) is 18.9 Å². The lowest BCUT2D eigenvalue weighted by Gasteiger charge is -2.12. The summed E-state index contributed by atoms with van der Waals surface area (Å²) in [6.45, 7) is 1.87. The van der Waals surface area contributed by atoms with Gasteiger partial charge in [-0.2, -0.15) is 0 Å². The van der Waals surface area contributed by atoms with Gasteiger partial charge in [0.2, 0.25) is 5.78 Å². The molecule has 1 aliphatic rings. The Labute approximate surface area is 157 Å². The van der Waals surface area contributed by atoms with Crippen LogP contribution >= 0.6 is 0 Å². The second-order valence-electron chi connectivity index (χ2n) is 5.78. The molecule has 0 heterocycles. The number of esters is 1. The third kappa shape index (κ3) is 3.14. The standard InChI is InChI=1S/C21H20O6/c1-5-27-21(23)19-18(12-6-8-13(24-2)9-7-12)14-10-16(25-3)17(26-4)11-15(14)20(19)22/h6-11H,5H2,1-4H3. The van der Waals surface area contributed by atoms with E-state index in [-0.39, 0.29) is 12.2 Å². The van der Waals surface area contributed by atoms with Crippen LogP contribution in [0.2, 0.25) is 0 Å². The molecule has 0 saturated heterocycles. The highest BCUT2D eigenvalue weighted by atomic mass is 16.5. The molecular weight excluding hydrogens is 348 g/mol. The zero-order chi connectivity index (χ0) is 19.6. The molecule has 0 unspecified atom stereocenters. The summed E-state index contributed by atoms with van der Waals surface area (Å²) in [6, 6.07) is 10.4. The lowest BCUT2D eigenvalue weighted by Crippen LogP contribution is -2.14. The molecule has 0 fully saturated rings. The predicted octanol–water partition coefficient (Wildman–Crippen LogP) is 3.27. The smallest absolute Gasteiger partial charge is 0.342 e. The van der Waals surface area contributed by atoms with Crippen molar-refractivity contribution in [2.24, 2.45) is 0 Å². The number of benzene rings is 2. The topological polar surface area (TPSA) is 71.1 Å². The van der Waals surface area contributed by atoms with Crippen LogP contribution in [0.3, 0.4) is 0 Å². The number of hydrogen-bond acceptors (Lipinski definition) is 6. The first-order chi connectivity index (χ1) is 13.0. The molecule has 0 saturated carbocycles. The summed E-state index contributed by atoms with van der Waals surface area (Å²) in [5.41, 5.74) is 2.20. The van der Waals surface area contributed by atoms with Crippen molar-refractivity contribution in [3.05, 3.63) is 58.7 Å². The number of Topliss-reactive ketones (excluding diaryl/α,β-unsaturated/α-hetero) is 1. The second-order valence-corrected chi connectivity index (χ2v) is 5.78. The molecule has 0 bridgehead atoms. The quantitative estimate of drug-likeness (QED) is 0.576. The molecule has 2 aromatic carbocycles. The molecule has 3 rings (SSSR count). The minimum Gasteiger partial charge on any atom is -0.497 e. The number of carbonyl (C=O) groups is 2. The predicted molar refractivity (Wildman–Crippen MR) is 99.5 cm³/mol. The van der Waals surface area contributed by atoms with Crippen LogP contribution < -0.4 is 14.2 Å². The maximum atomic E-state index is 13.0. The van der Waals surface area contributed by atoms with Crippen molar-refractivity contribution in [1.29, 1.82) is 0 Å². The molecule has 0 radical (unpaired) electrons. The number of fused-ring (bicyclic) bond motifs is 1. The minimum absolute atomic E-state index is 0.00678. The molecule has 0 N–H and O–H groups in total. The largest absolute Gasteiger partial charge is 0.497 e. The van der Waals surface area contributed by atoms with Gasteiger partial charge in [0.25, 0.3) is 0 Å². The van der Waals surface area contributed by atoms with Gasteiger partial charge in [-0.25, -0.2) is 4.79 Å². The van der Waals surface area contributed by atoms with Crippen LogP contribution in [0.25, 0.3) is 5.57 Å². The summed E-state index contributed by atoms with van der Waals surface area (Å²) in [7, 11) is 4.58. The van der Waals surface area contributed by atoms with E-state index in [1.807, 2.05) is 0 Å². The molecule has 140 valence electrons. The van der Waals surface area contributed by atoms with Crippen LogP contribution in [-0.2, 0) is 9.53 Å². The van der Waals surface area contributed by atoms with E-state index in [9.17, 15) is 9.59 Å². The molecule has 27 heavy (non-hydrogen) atoms. The Kier molecular flexibility index (Phi) is 5.16. The van der Waals surface area contributed by atoms with Crippen molar-refractivity contribution < 1.29 is 28.5 Å². The summed E-state index contributed by atoms with van der Waals surface area (Å²) in [6.07, 6.45) is 0. The third-order valence-electron chi connectivity index (χ3n) is 4.37. The first kappa shape index (κ1) is 18.5. The van der Waals surface area contributed by atoms with E-state index < -0.39 is 11.8 Å². The summed E-state index contributed by atoms with van der Waals surface area (Å²) in [5, 5.41) is 0. The molecule has 6 nitrogen and oxygen atoms in total. The molecule has 0 amide bonds. The van der Waals surface area contributed by atoms with Gasteiger partial charge < -0.3 is 18.9 Å². The van der Waals surface area contributed by atoms with Gasteiger partial charge in [-0.3, -0.25) is 4.79 Å². The normalized spacial score (nSPS) is 12.7. The van der Waals surface area contributed by atoms with Gasteiger partial charge >= 0.3 is 5.97 Å². The number of ketones is 1. The molecule has 0 atom stereocenters. The zero-order valence-corrected chi connectivity index (χ0v) is 15.6. The fourth-order valence-electron chi connectivity index (χ4n) is 3.11. The highest BCUT2D eigenvalue weighted by Crippen LogP contribution is 2.43. The molecular formula is C21H20O6. The fourth-order valence-corrected chi connectivity index (χ4v) is 3.11. The Morgan fingerprint density at radius 3 is 2.00 bits per heavy atom. The maximum Gasteiger partial charge on any atom is 0.342 e. The van der Waals surface area contributed by atoms with Crippen molar-refractivity contribution in [2.45, 2.75) is 6.92 Å². The van der Waals surface area contributed by atoms with Crippen LogP contribution in [0.4, 0.5) is 0 Å². The Hall–Kier alpha value is -3.28. The number of hydrogen-bond donors (Lipinski definition) is 0. The first-order valence-corrected chi connectivity index (χ1v) is 8.42. The zero-order valence-electron chi connectivity index (χ0n) is 15.6. The number of rotatable bonds is 6. The van der Waals surface area contributed by atoms with E-state index in [0.29, 0.717) is 39.5 Å². The maximum absolute atomic E-state index is 13.0. The van der Waals surface area contributed by atoms with Crippen molar-refractivity contribution in [3.63, 3.8) is 0 Å². The van der Waals surface area contributed by atoms with Crippen LogP contribution in [-0.4, -0.2) is 39.7 Å². The monoisotopic (exact) mass is 368 g/mol. The highest BCUT2D eigenvalue weighted by molar-refractivity contribution is 6.35. The Bertz CT molecular complexity index is 924. The lowest BCUT2D eigenvalue weighted by atomic mass is 9.97. The first-order valence-electron chi connectivity index (χ1n) is 8.42. The average molecular weight is 368 g/mol. The van der Waals surface area contributed by atoms with Crippen molar-refractivity contribution >= 4 is 17.3 Å². The van der Waals surface area contributed by atoms with Crippen molar-refractivity contribution in [1.82, 2.24) is 0 Å². The summed E-state index contributed by atoms with van der Waals surface area (Å²) < 4.78 is 21.0. The van der Waals surface area contributed by atoms with Gasteiger partial charge in [-0.05, 0) is 42.3 Å². The molecule has 0 aliphatic heterocycles. The average Bonchev–Trinajstić information content (AvgIpc) is 2.98. The van der Waals surface area contributed by atoms with Crippen molar-refractivity contribution in [3.8, 4) is 17.2 Å². The van der Waals surface area contributed by atoms with Gasteiger partial charge in [0, 0.05) is 11.1 Å². The van der Waals surface area contributed by atoms with Gasteiger partial charge in [-0.15, -0.1) is 0 Å². The van der Waals surface area contributed by atoms with E-state index >= 15 is 0 Å². The summed E-state index contributed by atoms with van der Waals surface area (Å²) in [4.78, 5) is 25.6. The van der Waals surface area contributed by atoms with E-state index in [1.54, 1.807) is 50.4 Å². The molecule has 6 heteroatoms. The van der Waals surface area contributed by atoms with Crippen molar-refractivity contribution in [2.75, 3.05) is 27.9 Å². The summed E-state index contributed by atoms with van der Waals surface area (Å²) in [5.74, 6) is 0.524. The Morgan fingerprint density at radius 1 is 0.889 bits per heavy atom. The van der Waals surface area contributed by atoms with E-state index in [0.717, 1.165) is 0 Å². The number of ether oxygens (including phenoxy) is 4. The van der Waals surface area contributed by atoms with Crippen LogP contribution in [0, 0.1) is 0 Å². The Morgan fingerprint density at radius 2 is 1.48 bits per heavy atom. The van der Waals surface area contributed by atoms with E-state index in [2.05, 4.69) is 0 Å². The molecule has 1 aliphatic carbocycles. The van der Waals surface area contributed by atoms with Gasteiger partial charge in [0.15, 0.2) is 11.5 Å². The second kappa shape index (κ2) is 7.53.